The molecule has 1 atom stereocenters. The third kappa shape index (κ3) is 7.14. The summed E-state index contributed by atoms with van der Waals surface area (Å²) in [4.78, 5) is 38.2. The molecule has 1 aliphatic heterocycles. The molecule has 0 bridgehead atoms. The fourth-order valence-corrected chi connectivity index (χ4v) is 5.67. The Kier molecular flexibility index (Phi) is 9.41. The van der Waals surface area contributed by atoms with E-state index in [0.29, 0.717) is 35.6 Å². The molecule has 202 valence electrons. The van der Waals surface area contributed by atoms with Crippen molar-refractivity contribution in [2.24, 2.45) is 0 Å². The molecule has 0 aromatic carbocycles. The fraction of sp³-hybridized carbons (Fsp3) is 0.429. The number of hydrogen-bond acceptors (Lipinski definition) is 6. The molecule has 1 unspecified atom stereocenters. The van der Waals surface area contributed by atoms with Crippen LogP contribution in [0, 0.1) is 19.8 Å². The first-order valence-corrected chi connectivity index (χ1v) is 13.9. The van der Waals surface area contributed by atoms with E-state index in [0.717, 1.165) is 37.9 Å². The van der Waals surface area contributed by atoms with E-state index >= 15 is 0 Å². The monoisotopic (exact) mass is 538 g/mol. The molecule has 0 saturated carbocycles. The second-order valence-corrected chi connectivity index (χ2v) is 10.6. The number of pyridine rings is 2. The van der Waals surface area contributed by atoms with E-state index in [9.17, 15) is 14.0 Å². The highest BCUT2D eigenvalue weighted by molar-refractivity contribution is 7.07. The molecule has 0 spiro atoms. The van der Waals surface area contributed by atoms with Crippen molar-refractivity contribution in [3.05, 3.63) is 75.8 Å². The molecule has 3 amide bonds. The van der Waals surface area contributed by atoms with E-state index in [1.165, 1.54) is 6.07 Å². The molecule has 2 N–H and O–H groups in total. The zero-order valence-electron chi connectivity index (χ0n) is 22.1. The van der Waals surface area contributed by atoms with Crippen LogP contribution in [0.2, 0.25) is 0 Å². The van der Waals surface area contributed by atoms with E-state index in [1.54, 1.807) is 43.6 Å². The predicted molar refractivity (Wildman–Crippen MR) is 148 cm³/mol. The topological polar surface area (TPSA) is 90.5 Å². The minimum atomic E-state index is -0.572. The van der Waals surface area contributed by atoms with Gasteiger partial charge in [0.1, 0.15) is 0 Å². The van der Waals surface area contributed by atoms with Crippen molar-refractivity contribution in [1.82, 2.24) is 25.1 Å². The Morgan fingerprint density at radius 1 is 1.26 bits per heavy atom. The summed E-state index contributed by atoms with van der Waals surface area (Å²) in [5.41, 5.74) is 3.24. The predicted octanol–water partition coefficient (Wildman–Crippen LogP) is 5.00. The Labute approximate surface area is 227 Å². The number of aromatic nitrogens is 2. The first-order valence-electron chi connectivity index (χ1n) is 13.0. The van der Waals surface area contributed by atoms with Crippen molar-refractivity contribution in [3.63, 3.8) is 0 Å². The summed E-state index contributed by atoms with van der Waals surface area (Å²) in [6.45, 7) is 8.38. The fourth-order valence-electron chi connectivity index (χ4n) is 5.01. The van der Waals surface area contributed by atoms with Crippen molar-refractivity contribution in [3.8, 4) is 0 Å². The van der Waals surface area contributed by atoms with Crippen LogP contribution in [-0.4, -0.2) is 63.4 Å². The number of anilines is 1. The highest BCUT2D eigenvalue weighted by atomic mass is 32.1. The van der Waals surface area contributed by atoms with Gasteiger partial charge in [0.25, 0.3) is 5.91 Å². The van der Waals surface area contributed by atoms with Gasteiger partial charge in [-0.25, -0.2) is 9.78 Å². The van der Waals surface area contributed by atoms with Crippen LogP contribution in [0.5, 0.6) is 0 Å². The van der Waals surface area contributed by atoms with Gasteiger partial charge in [-0.3, -0.25) is 9.78 Å². The number of nitrogens with zero attached hydrogens (tertiary/aromatic N) is 4. The van der Waals surface area contributed by atoms with E-state index in [2.05, 4.69) is 43.9 Å². The average molecular weight is 539 g/mol. The van der Waals surface area contributed by atoms with Crippen LogP contribution in [0.25, 0.3) is 0 Å². The second-order valence-electron chi connectivity index (χ2n) is 9.81. The van der Waals surface area contributed by atoms with Gasteiger partial charge in [-0.05, 0) is 86.2 Å². The van der Waals surface area contributed by atoms with E-state index < -0.39 is 5.95 Å². The van der Waals surface area contributed by atoms with Gasteiger partial charge >= 0.3 is 6.03 Å². The molecule has 8 nitrogen and oxygen atoms in total. The molecule has 38 heavy (non-hydrogen) atoms. The first-order chi connectivity index (χ1) is 18.3. The minimum Gasteiger partial charge on any atom is -0.352 e. The largest absolute Gasteiger partial charge is 0.352 e. The Morgan fingerprint density at radius 3 is 2.71 bits per heavy atom. The molecular formula is C28H35FN6O2S. The van der Waals surface area contributed by atoms with Crippen LogP contribution < -0.4 is 10.6 Å². The van der Waals surface area contributed by atoms with Crippen molar-refractivity contribution in [2.75, 3.05) is 25.0 Å². The molecule has 1 saturated heterocycles. The molecule has 4 heterocycles. The third-order valence-electron chi connectivity index (χ3n) is 7.11. The van der Waals surface area contributed by atoms with Gasteiger partial charge in [-0.1, -0.05) is 0 Å². The molecule has 4 rings (SSSR count). The number of amides is 3. The number of aryl methyl sites for hydroxylation is 2. The highest BCUT2D eigenvalue weighted by Crippen LogP contribution is 2.23. The smallest absolute Gasteiger partial charge is 0.322 e. The Balaban J connectivity index is 1.29. The van der Waals surface area contributed by atoms with Crippen LogP contribution in [0.1, 0.15) is 53.4 Å². The lowest BCUT2D eigenvalue weighted by Gasteiger charge is -2.40. The van der Waals surface area contributed by atoms with Gasteiger partial charge in [0.05, 0.1) is 23.1 Å². The van der Waals surface area contributed by atoms with Gasteiger partial charge < -0.3 is 20.4 Å². The van der Waals surface area contributed by atoms with Crippen molar-refractivity contribution in [2.45, 2.75) is 58.7 Å². The van der Waals surface area contributed by atoms with E-state index in [4.69, 9.17) is 0 Å². The number of urea groups is 1. The lowest BCUT2D eigenvalue weighted by Crippen LogP contribution is -2.50. The van der Waals surface area contributed by atoms with Crippen LogP contribution in [0.3, 0.4) is 0 Å². The summed E-state index contributed by atoms with van der Waals surface area (Å²) in [7, 11) is 0. The third-order valence-corrected chi connectivity index (χ3v) is 7.84. The maximum atomic E-state index is 13.5. The number of nitrogens with one attached hydrogen (secondary N) is 2. The molecule has 3 aromatic rings. The molecule has 3 aromatic heterocycles. The number of halogens is 1. The number of thiophene rings is 1. The lowest BCUT2D eigenvalue weighted by atomic mass is 10.0. The number of carbonyl (C=O) groups is 2. The van der Waals surface area contributed by atoms with Gasteiger partial charge in [0.2, 0.25) is 5.95 Å². The first kappa shape index (κ1) is 27.7. The molecule has 1 fully saturated rings. The van der Waals surface area contributed by atoms with Gasteiger partial charge in [0.15, 0.2) is 0 Å². The Hall–Kier alpha value is -3.37. The van der Waals surface area contributed by atoms with E-state index in [1.807, 2.05) is 16.3 Å². The number of piperidine rings is 1. The number of rotatable bonds is 9. The van der Waals surface area contributed by atoms with Crippen LogP contribution in [-0.2, 0) is 6.54 Å². The summed E-state index contributed by atoms with van der Waals surface area (Å²) in [6, 6.07) is 7.29. The normalized spacial score (nSPS) is 15.2. The van der Waals surface area contributed by atoms with Gasteiger partial charge in [-0.15, -0.1) is 0 Å². The van der Waals surface area contributed by atoms with Crippen molar-refractivity contribution >= 4 is 29.0 Å². The molecule has 10 heteroatoms. The van der Waals surface area contributed by atoms with Gasteiger partial charge in [-0.2, -0.15) is 15.7 Å². The molecule has 1 aliphatic rings. The zero-order chi connectivity index (χ0) is 27.1. The minimum absolute atomic E-state index is 0.112. The summed E-state index contributed by atoms with van der Waals surface area (Å²) >= 11 is 1.63. The Morgan fingerprint density at radius 2 is 2.05 bits per heavy atom. The van der Waals surface area contributed by atoms with Crippen molar-refractivity contribution in [1.29, 1.82) is 0 Å². The van der Waals surface area contributed by atoms with Crippen molar-refractivity contribution < 1.29 is 14.0 Å². The Bertz CT molecular complexity index is 1190. The SMILES string of the molecule is Cc1cc(F)nc(C)c1C(=O)NCCC(C)N1CCC(N(Cc2ccsc2)C(=O)Nc2cccnc2)CC1. The number of likely N-dealkylation sites (tertiary alicyclic amines) is 1. The summed E-state index contributed by atoms with van der Waals surface area (Å²) in [5.74, 6) is -0.792. The molecule has 0 aliphatic carbocycles. The van der Waals surface area contributed by atoms with Crippen LogP contribution in [0.4, 0.5) is 14.9 Å². The number of hydrogen-bond donors (Lipinski definition) is 2. The van der Waals surface area contributed by atoms with Crippen LogP contribution >= 0.6 is 11.3 Å². The average Bonchev–Trinajstić information content (AvgIpc) is 3.41. The molecule has 0 radical (unpaired) electrons. The van der Waals surface area contributed by atoms with Crippen LogP contribution in [0.15, 0.2) is 47.4 Å². The maximum Gasteiger partial charge on any atom is 0.322 e. The zero-order valence-corrected chi connectivity index (χ0v) is 22.9. The summed E-state index contributed by atoms with van der Waals surface area (Å²) in [6.07, 6.45) is 5.88. The summed E-state index contributed by atoms with van der Waals surface area (Å²) in [5, 5.41) is 10.1. The van der Waals surface area contributed by atoms with E-state index in [-0.39, 0.29) is 24.0 Å². The maximum absolute atomic E-state index is 13.5. The summed E-state index contributed by atoms with van der Waals surface area (Å²) < 4.78 is 13.5. The second kappa shape index (κ2) is 12.9. The highest BCUT2D eigenvalue weighted by Gasteiger charge is 2.30. The van der Waals surface area contributed by atoms with Gasteiger partial charge in [0, 0.05) is 44.5 Å². The number of carbonyl (C=O) groups excluding carboxylic acids is 2. The standard InChI is InChI=1S/C28H35FN6O2S/c1-19-15-25(29)32-21(3)26(19)27(36)31-11-6-20(2)34-12-7-24(8-13-34)35(17-22-9-14-38-18-22)28(37)33-23-5-4-10-30-16-23/h4-5,9-10,14-16,18,20,24H,6-8,11-13,17H2,1-3H3,(H,31,36)(H,33,37). The quantitative estimate of drug-likeness (QED) is 0.374. The molecular weight excluding hydrogens is 503 g/mol. The lowest BCUT2D eigenvalue weighted by molar-refractivity contribution is 0.0918.